The fourth-order valence-corrected chi connectivity index (χ4v) is 3.19. The van der Waals surface area contributed by atoms with Crippen molar-refractivity contribution in [3.05, 3.63) is 53.1 Å². The van der Waals surface area contributed by atoms with Crippen molar-refractivity contribution in [1.29, 1.82) is 0 Å². The lowest BCUT2D eigenvalue weighted by Gasteiger charge is -2.11. The highest BCUT2D eigenvalue weighted by molar-refractivity contribution is 7.22. The summed E-state index contributed by atoms with van der Waals surface area (Å²) in [5, 5.41) is 11.6. The molecule has 0 aliphatic rings. The number of carboxylic acids is 1. The number of methoxy groups -OCH3 is 1. The number of aromatic carboxylic acids is 1. The summed E-state index contributed by atoms with van der Waals surface area (Å²) in [5.74, 6) is -2.01. The monoisotopic (exact) mass is 396 g/mol. The van der Waals surface area contributed by atoms with E-state index in [1.54, 1.807) is 0 Å². The number of fused-ring (bicyclic) bond motifs is 1. The number of halogens is 3. The van der Waals surface area contributed by atoms with E-state index in [1.165, 1.54) is 31.4 Å². The van der Waals surface area contributed by atoms with E-state index in [0.29, 0.717) is 16.3 Å². The molecule has 2 N–H and O–H groups in total. The van der Waals surface area contributed by atoms with Gasteiger partial charge in [0.25, 0.3) is 5.91 Å². The lowest BCUT2D eigenvalue weighted by molar-refractivity contribution is -0.137. The predicted octanol–water partition coefficient (Wildman–Crippen LogP) is 4.27. The number of anilines is 1. The summed E-state index contributed by atoms with van der Waals surface area (Å²) < 4.78 is 44.3. The average molecular weight is 396 g/mol. The van der Waals surface area contributed by atoms with Crippen LogP contribution < -0.4 is 10.1 Å². The van der Waals surface area contributed by atoms with Gasteiger partial charge in [0.2, 0.25) is 0 Å². The lowest BCUT2D eigenvalue weighted by atomic mass is 10.1. The van der Waals surface area contributed by atoms with E-state index in [-0.39, 0.29) is 22.0 Å². The summed E-state index contributed by atoms with van der Waals surface area (Å²) >= 11 is 1.01. The number of nitrogens with one attached hydrogen (secondary N) is 1. The van der Waals surface area contributed by atoms with E-state index in [2.05, 4.69) is 10.3 Å². The van der Waals surface area contributed by atoms with Gasteiger partial charge in [0.05, 0.1) is 28.5 Å². The molecule has 6 nitrogen and oxygen atoms in total. The van der Waals surface area contributed by atoms with E-state index in [9.17, 15) is 22.8 Å². The number of ether oxygens (including phenoxy) is 1. The maximum absolute atomic E-state index is 13.0. The highest BCUT2D eigenvalue weighted by Gasteiger charge is 2.32. The van der Waals surface area contributed by atoms with Gasteiger partial charge in [-0.2, -0.15) is 13.2 Å². The molecule has 0 saturated heterocycles. The fourth-order valence-electron chi connectivity index (χ4n) is 2.29. The molecule has 0 atom stereocenters. The van der Waals surface area contributed by atoms with Crippen molar-refractivity contribution in [2.24, 2.45) is 0 Å². The third-order valence-corrected chi connectivity index (χ3v) is 4.52. The van der Waals surface area contributed by atoms with Crippen LogP contribution in [0.25, 0.3) is 10.2 Å². The molecule has 0 unspecified atom stereocenters. The smallest absolute Gasteiger partial charge is 0.416 e. The number of carboxylic acid groups (broad SMARTS) is 1. The van der Waals surface area contributed by atoms with E-state index < -0.39 is 23.6 Å². The number of rotatable bonds is 4. The van der Waals surface area contributed by atoms with Crippen LogP contribution in [0.3, 0.4) is 0 Å². The average Bonchev–Trinajstić information content (AvgIpc) is 3.01. The molecule has 0 bridgehead atoms. The third-order valence-electron chi connectivity index (χ3n) is 3.59. The summed E-state index contributed by atoms with van der Waals surface area (Å²) in [6.45, 7) is 0. The van der Waals surface area contributed by atoms with E-state index >= 15 is 0 Å². The molecule has 0 aliphatic heterocycles. The van der Waals surface area contributed by atoms with Crippen LogP contribution in [0.15, 0.2) is 36.4 Å². The standard InChI is InChI=1S/C17H11F3N2O4S/c1-26-11-5-9(4-10(7-11)17(18,19)20)14(23)22-16-21-12-3-2-8(15(24)25)6-13(12)27-16/h2-7H,1H3,(H,24,25)(H,21,22,23). The Kier molecular flexibility index (Phi) is 4.75. The fraction of sp³-hybridized carbons (Fsp3) is 0.118. The molecule has 10 heteroatoms. The summed E-state index contributed by atoms with van der Waals surface area (Å²) in [4.78, 5) is 27.5. The van der Waals surface area contributed by atoms with Crippen LogP contribution in [0.5, 0.6) is 5.75 Å². The summed E-state index contributed by atoms with van der Waals surface area (Å²) in [6, 6.07) is 6.94. The van der Waals surface area contributed by atoms with Crippen LogP contribution in [0, 0.1) is 0 Å². The first-order valence-electron chi connectivity index (χ1n) is 7.39. The van der Waals surface area contributed by atoms with Crippen molar-refractivity contribution >= 4 is 38.6 Å². The zero-order chi connectivity index (χ0) is 19.8. The van der Waals surface area contributed by atoms with Crippen LogP contribution in [-0.4, -0.2) is 29.1 Å². The first-order chi connectivity index (χ1) is 12.7. The Balaban J connectivity index is 1.91. The summed E-state index contributed by atoms with van der Waals surface area (Å²) in [6.07, 6.45) is -4.63. The van der Waals surface area contributed by atoms with Crippen molar-refractivity contribution in [2.75, 3.05) is 12.4 Å². The number of aromatic nitrogens is 1. The number of benzene rings is 2. The molecule has 1 amide bonds. The second kappa shape index (κ2) is 6.88. The SMILES string of the molecule is COc1cc(C(=O)Nc2nc3ccc(C(=O)O)cc3s2)cc(C(F)(F)F)c1. The second-order valence-electron chi connectivity index (χ2n) is 5.41. The Morgan fingerprint density at radius 3 is 2.52 bits per heavy atom. The minimum atomic E-state index is -4.63. The first-order valence-corrected chi connectivity index (χ1v) is 8.20. The highest BCUT2D eigenvalue weighted by Crippen LogP contribution is 2.33. The molecule has 140 valence electrons. The number of hydrogen-bond acceptors (Lipinski definition) is 5. The third kappa shape index (κ3) is 4.00. The van der Waals surface area contributed by atoms with Crippen LogP contribution in [0.1, 0.15) is 26.3 Å². The molecule has 0 radical (unpaired) electrons. The van der Waals surface area contributed by atoms with E-state index in [4.69, 9.17) is 9.84 Å². The largest absolute Gasteiger partial charge is 0.497 e. The van der Waals surface area contributed by atoms with Crippen molar-refractivity contribution in [3.63, 3.8) is 0 Å². The quantitative estimate of drug-likeness (QED) is 0.687. The number of thiazole rings is 1. The molecule has 3 rings (SSSR count). The Hall–Kier alpha value is -3.14. The van der Waals surface area contributed by atoms with Gasteiger partial charge < -0.3 is 9.84 Å². The van der Waals surface area contributed by atoms with E-state index in [0.717, 1.165) is 17.4 Å². The Labute approximate surface area is 154 Å². The van der Waals surface area contributed by atoms with Crippen LogP contribution in [-0.2, 0) is 6.18 Å². The molecule has 2 aromatic carbocycles. The Morgan fingerprint density at radius 2 is 1.89 bits per heavy atom. The van der Waals surface area contributed by atoms with Crippen LogP contribution in [0.4, 0.5) is 18.3 Å². The maximum atomic E-state index is 13.0. The van der Waals surface area contributed by atoms with Gasteiger partial charge in [-0.15, -0.1) is 0 Å². The minimum Gasteiger partial charge on any atom is -0.497 e. The summed E-state index contributed by atoms with van der Waals surface area (Å²) in [7, 11) is 1.20. The van der Waals surface area contributed by atoms with Gasteiger partial charge in [-0.1, -0.05) is 11.3 Å². The number of alkyl halides is 3. The normalized spacial score (nSPS) is 11.4. The molecule has 27 heavy (non-hydrogen) atoms. The van der Waals surface area contributed by atoms with Crippen molar-refractivity contribution in [1.82, 2.24) is 4.98 Å². The molecule has 3 aromatic rings. The molecule has 1 aromatic heterocycles. The zero-order valence-electron chi connectivity index (χ0n) is 13.6. The number of carbonyl (C=O) groups excluding carboxylic acids is 1. The molecule has 1 heterocycles. The summed E-state index contributed by atoms with van der Waals surface area (Å²) in [5.41, 5.74) is -0.733. The van der Waals surface area contributed by atoms with Crippen LogP contribution in [0.2, 0.25) is 0 Å². The van der Waals surface area contributed by atoms with Gasteiger partial charge in [0.15, 0.2) is 5.13 Å². The highest BCUT2D eigenvalue weighted by atomic mass is 32.1. The number of amides is 1. The van der Waals surface area contributed by atoms with Crippen molar-refractivity contribution in [2.45, 2.75) is 6.18 Å². The van der Waals surface area contributed by atoms with Gasteiger partial charge in [0.1, 0.15) is 5.75 Å². The van der Waals surface area contributed by atoms with E-state index in [1.807, 2.05) is 0 Å². The maximum Gasteiger partial charge on any atom is 0.416 e. The first kappa shape index (κ1) is 18.6. The van der Waals surface area contributed by atoms with Gasteiger partial charge in [-0.3, -0.25) is 10.1 Å². The van der Waals surface area contributed by atoms with Gasteiger partial charge in [-0.25, -0.2) is 9.78 Å². The zero-order valence-corrected chi connectivity index (χ0v) is 14.4. The van der Waals surface area contributed by atoms with Gasteiger partial charge >= 0.3 is 12.1 Å². The minimum absolute atomic E-state index is 0.0617. The Bertz CT molecular complexity index is 1050. The molecule has 0 fully saturated rings. The predicted molar refractivity (Wildman–Crippen MR) is 92.5 cm³/mol. The number of nitrogens with zero attached hydrogens (tertiary/aromatic N) is 1. The molecular formula is C17H11F3N2O4S. The van der Waals surface area contributed by atoms with Crippen molar-refractivity contribution < 1.29 is 32.6 Å². The topological polar surface area (TPSA) is 88.5 Å². The van der Waals surface area contributed by atoms with Crippen LogP contribution >= 0.6 is 11.3 Å². The van der Waals surface area contributed by atoms with Crippen molar-refractivity contribution in [3.8, 4) is 5.75 Å². The molecule has 0 aliphatic carbocycles. The number of hydrogen-bond donors (Lipinski definition) is 2. The molecule has 0 saturated carbocycles. The van der Waals surface area contributed by atoms with Gasteiger partial charge in [-0.05, 0) is 36.4 Å². The second-order valence-corrected chi connectivity index (χ2v) is 6.44. The number of carbonyl (C=O) groups is 2. The molecule has 0 spiro atoms. The van der Waals surface area contributed by atoms with Gasteiger partial charge in [0, 0.05) is 5.56 Å². The molecular weight excluding hydrogens is 385 g/mol. The lowest BCUT2D eigenvalue weighted by Crippen LogP contribution is -2.14. The Morgan fingerprint density at radius 1 is 1.15 bits per heavy atom.